The summed E-state index contributed by atoms with van der Waals surface area (Å²) in [5, 5.41) is 6.02. The summed E-state index contributed by atoms with van der Waals surface area (Å²) in [5.74, 6) is -0.362. The molecule has 0 N–H and O–H groups in total. The average molecular weight is 321 g/mol. The molecule has 1 fully saturated rings. The van der Waals surface area contributed by atoms with E-state index >= 15 is 0 Å². The van der Waals surface area contributed by atoms with Crippen LogP contribution >= 0.6 is 11.3 Å². The molecule has 6 nitrogen and oxygen atoms in total. The molecule has 22 heavy (non-hydrogen) atoms. The van der Waals surface area contributed by atoms with Gasteiger partial charge in [-0.15, -0.1) is 16.4 Å². The van der Waals surface area contributed by atoms with E-state index in [0.717, 1.165) is 48.3 Å². The molecule has 0 spiro atoms. The lowest BCUT2D eigenvalue weighted by Crippen LogP contribution is -2.38. The van der Waals surface area contributed by atoms with E-state index in [1.165, 1.54) is 17.8 Å². The zero-order valence-electron chi connectivity index (χ0n) is 12.4. The fraction of sp³-hybridized carbons (Fsp3) is 0.533. The van der Waals surface area contributed by atoms with E-state index in [1.807, 2.05) is 22.4 Å². The number of amides is 1. The zero-order chi connectivity index (χ0) is 15.4. The first-order valence-electron chi connectivity index (χ1n) is 7.63. The van der Waals surface area contributed by atoms with Crippen LogP contribution in [0.2, 0.25) is 0 Å². The van der Waals surface area contributed by atoms with Gasteiger partial charge in [0, 0.05) is 13.1 Å². The molecule has 0 unspecified atom stereocenters. The topological polar surface area (TPSA) is 68.3 Å². The van der Waals surface area contributed by atoms with Crippen LogP contribution in [0.5, 0.6) is 0 Å². The molecule has 118 valence electrons. The van der Waals surface area contributed by atoms with Crippen molar-refractivity contribution in [3.63, 3.8) is 0 Å². The van der Waals surface area contributed by atoms with Gasteiger partial charge in [-0.25, -0.2) is 4.79 Å². The first-order valence-corrected chi connectivity index (χ1v) is 8.51. The van der Waals surface area contributed by atoms with Crippen molar-refractivity contribution in [1.82, 2.24) is 14.7 Å². The maximum atomic E-state index is 12.4. The van der Waals surface area contributed by atoms with Crippen LogP contribution in [0, 0.1) is 0 Å². The van der Waals surface area contributed by atoms with Gasteiger partial charge in [-0.3, -0.25) is 4.79 Å². The molecule has 1 saturated heterocycles. The van der Waals surface area contributed by atoms with Crippen molar-refractivity contribution in [3.05, 3.63) is 28.1 Å². The lowest BCUT2D eigenvalue weighted by atomic mass is 10.1. The summed E-state index contributed by atoms with van der Waals surface area (Å²) in [6.45, 7) is 1.49. The number of nitrogens with zero attached hydrogens (tertiary/aromatic N) is 3. The lowest BCUT2D eigenvalue weighted by Gasteiger charge is -2.24. The minimum absolute atomic E-state index is 0.0479. The Bertz CT molecular complexity index is 667. The molecular weight excluding hydrogens is 302 g/mol. The minimum Gasteiger partial charge on any atom is -0.387 e. The third-order valence-corrected chi connectivity index (χ3v) is 4.69. The van der Waals surface area contributed by atoms with Crippen molar-refractivity contribution in [2.24, 2.45) is 0 Å². The zero-order valence-corrected chi connectivity index (χ0v) is 13.2. The predicted molar refractivity (Wildman–Crippen MR) is 83.7 cm³/mol. The Morgan fingerprint density at radius 1 is 1.23 bits per heavy atom. The minimum atomic E-state index is -0.580. The summed E-state index contributed by atoms with van der Waals surface area (Å²) in [5.41, 5.74) is 0. The molecule has 0 saturated carbocycles. The molecule has 0 radical (unpaired) electrons. The van der Waals surface area contributed by atoms with Gasteiger partial charge in [0.15, 0.2) is 0 Å². The van der Waals surface area contributed by atoms with E-state index in [1.54, 1.807) is 0 Å². The summed E-state index contributed by atoms with van der Waals surface area (Å²) < 4.78 is 6.25. The van der Waals surface area contributed by atoms with E-state index in [2.05, 4.69) is 5.10 Å². The number of hydrogen-bond acceptors (Lipinski definition) is 5. The SMILES string of the molecule is O=C(Cn1nc(-c2cccs2)oc1=O)N1CCCCCCC1. The van der Waals surface area contributed by atoms with Gasteiger partial charge in [-0.1, -0.05) is 25.3 Å². The van der Waals surface area contributed by atoms with Crippen molar-refractivity contribution >= 4 is 17.2 Å². The molecule has 3 rings (SSSR count). The van der Waals surface area contributed by atoms with Gasteiger partial charge >= 0.3 is 5.76 Å². The van der Waals surface area contributed by atoms with Crippen LogP contribution in [-0.4, -0.2) is 33.7 Å². The number of thiophene rings is 1. The number of aromatic nitrogens is 2. The monoisotopic (exact) mass is 321 g/mol. The van der Waals surface area contributed by atoms with Gasteiger partial charge in [0.2, 0.25) is 5.91 Å². The second-order valence-electron chi connectivity index (χ2n) is 5.46. The smallest absolute Gasteiger partial charge is 0.387 e. The second-order valence-corrected chi connectivity index (χ2v) is 6.40. The van der Waals surface area contributed by atoms with Gasteiger partial charge in [0.1, 0.15) is 6.54 Å². The Morgan fingerprint density at radius 3 is 2.64 bits per heavy atom. The third-order valence-electron chi connectivity index (χ3n) is 3.83. The fourth-order valence-corrected chi connectivity index (χ4v) is 3.28. The molecule has 0 atom stereocenters. The van der Waals surface area contributed by atoms with Crippen molar-refractivity contribution in [2.75, 3.05) is 13.1 Å². The van der Waals surface area contributed by atoms with Crippen LogP contribution in [0.4, 0.5) is 0 Å². The van der Waals surface area contributed by atoms with Crippen molar-refractivity contribution < 1.29 is 9.21 Å². The van der Waals surface area contributed by atoms with Crippen LogP contribution in [0.3, 0.4) is 0 Å². The Kier molecular flexibility index (Phi) is 4.72. The highest BCUT2D eigenvalue weighted by atomic mass is 32.1. The number of carbonyl (C=O) groups excluding carboxylic acids is 1. The van der Waals surface area contributed by atoms with Crippen LogP contribution in [0.15, 0.2) is 26.7 Å². The van der Waals surface area contributed by atoms with Gasteiger partial charge in [0.25, 0.3) is 5.89 Å². The van der Waals surface area contributed by atoms with Gasteiger partial charge < -0.3 is 9.32 Å². The van der Waals surface area contributed by atoms with E-state index in [9.17, 15) is 9.59 Å². The largest absolute Gasteiger partial charge is 0.437 e. The highest BCUT2D eigenvalue weighted by Crippen LogP contribution is 2.21. The summed E-state index contributed by atoms with van der Waals surface area (Å²) in [7, 11) is 0. The van der Waals surface area contributed by atoms with Crippen LogP contribution in [0.1, 0.15) is 32.1 Å². The van der Waals surface area contributed by atoms with Gasteiger partial charge in [0.05, 0.1) is 4.88 Å². The molecule has 1 amide bonds. The predicted octanol–water partition coefficient (Wildman–Crippen LogP) is 2.36. The van der Waals surface area contributed by atoms with E-state index in [4.69, 9.17) is 4.42 Å². The molecule has 7 heteroatoms. The average Bonchev–Trinajstić information content (AvgIpc) is 3.09. The van der Waals surface area contributed by atoms with Gasteiger partial charge in [-0.05, 0) is 24.3 Å². The summed E-state index contributed by atoms with van der Waals surface area (Å²) in [6, 6.07) is 3.70. The van der Waals surface area contributed by atoms with Crippen LogP contribution < -0.4 is 5.76 Å². The van der Waals surface area contributed by atoms with Crippen LogP contribution in [0.25, 0.3) is 10.8 Å². The van der Waals surface area contributed by atoms with E-state index < -0.39 is 5.76 Å². The molecule has 1 aliphatic rings. The quantitative estimate of drug-likeness (QED) is 0.870. The Balaban J connectivity index is 1.69. The van der Waals surface area contributed by atoms with E-state index in [0.29, 0.717) is 0 Å². The maximum Gasteiger partial charge on any atom is 0.437 e. The first-order chi connectivity index (χ1) is 10.7. The van der Waals surface area contributed by atoms with Crippen molar-refractivity contribution in [3.8, 4) is 10.8 Å². The Labute approximate surface area is 132 Å². The van der Waals surface area contributed by atoms with Gasteiger partial charge in [-0.2, -0.15) is 4.68 Å². The third kappa shape index (κ3) is 3.47. The molecule has 0 aliphatic carbocycles. The second kappa shape index (κ2) is 6.91. The Hall–Kier alpha value is -1.89. The summed E-state index contributed by atoms with van der Waals surface area (Å²) in [4.78, 5) is 26.8. The highest BCUT2D eigenvalue weighted by Gasteiger charge is 2.18. The number of carbonyl (C=O) groups is 1. The van der Waals surface area contributed by atoms with E-state index in [-0.39, 0.29) is 18.3 Å². The maximum absolute atomic E-state index is 12.4. The molecular formula is C15H19N3O3S. The molecule has 2 aromatic heterocycles. The first kappa shape index (κ1) is 15.0. The number of rotatable bonds is 3. The van der Waals surface area contributed by atoms with Crippen LogP contribution in [-0.2, 0) is 11.3 Å². The number of likely N-dealkylation sites (tertiary alicyclic amines) is 1. The Morgan fingerprint density at radius 2 is 1.95 bits per heavy atom. The molecule has 3 heterocycles. The summed E-state index contributed by atoms with van der Waals surface area (Å²) in [6.07, 6.45) is 5.63. The molecule has 1 aliphatic heterocycles. The molecule has 2 aromatic rings. The van der Waals surface area contributed by atoms with Crippen molar-refractivity contribution in [2.45, 2.75) is 38.6 Å². The lowest BCUT2D eigenvalue weighted by molar-refractivity contribution is -0.132. The summed E-state index contributed by atoms with van der Waals surface area (Å²) >= 11 is 1.45. The van der Waals surface area contributed by atoms with Crippen molar-refractivity contribution in [1.29, 1.82) is 0 Å². The highest BCUT2D eigenvalue weighted by molar-refractivity contribution is 7.13. The number of hydrogen-bond donors (Lipinski definition) is 0. The fourth-order valence-electron chi connectivity index (χ4n) is 2.63. The molecule has 0 aromatic carbocycles. The normalized spacial score (nSPS) is 16.3. The molecule has 0 bridgehead atoms. The standard InChI is InChI=1S/C15H19N3O3S/c19-13(17-8-4-2-1-3-5-9-17)11-18-15(20)21-14(16-18)12-7-6-10-22-12/h6-7,10H,1-5,8-9,11H2.